The lowest BCUT2D eigenvalue weighted by molar-refractivity contribution is 0.475. The van der Waals surface area contributed by atoms with Crippen molar-refractivity contribution in [3.05, 3.63) is 93.4 Å². The van der Waals surface area contributed by atoms with Crippen LogP contribution in [-0.2, 0) is 0 Å². The highest BCUT2D eigenvalue weighted by Gasteiger charge is 2.09. The summed E-state index contributed by atoms with van der Waals surface area (Å²) in [4.78, 5) is 9.11. The molecule has 0 fully saturated rings. The summed E-state index contributed by atoms with van der Waals surface area (Å²) in [5.41, 5.74) is 6.43. The van der Waals surface area contributed by atoms with Crippen LogP contribution in [0.25, 0.3) is 22.5 Å². The van der Waals surface area contributed by atoms with Crippen molar-refractivity contribution in [2.45, 2.75) is 0 Å². The molecule has 0 atom stereocenters. The van der Waals surface area contributed by atoms with Crippen LogP contribution in [0.5, 0.6) is 5.75 Å². The zero-order valence-electron chi connectivity index (χ0n) is 15.9. The highest BCUT2D eigenvalue weighted by atomic mass is 35.5. The highest BCUT2D eigenvalue weighted by Crippen LogP contribution is 2.30. The Bertz CT molecular complexity index is 1250. The van der Waals surface area contributed by atoms with E-state index < -0.39 is 0 Å². The van der Waals surface area contributed by atoms with Gasteiger partial charge in [0, 0.05) is 26.7 Å². The first-order chi connectivity index (χ1) is 15.0. The van der Waals surface area contributed by atoms with Gasteiger partial charge in [-0.05, 0) is 30.3 Å². The van der Waals surface area contributed by atoms with Crippen LogP contribution in [0.2, 0.25) is 15.1 Å². The molecular formula is C23H15Cl3N4O. The third-order valence-electron chi connectivity index (χ3n) is 4.36. The lowest BCUT2D eigenvalue weighted by Crippen LogP contribution is -2.00. The smallest absolute Gasteiger partial charge is 0.244 e. The predicted molar refractivity (Wildman–Crippen MR) is 127 cm³/mol. The minimum atomic E-state index is -0.113. The van der Waals surface area contributed by atoms with Crippen molar-refractivity contribution in [3.8, 4) is 28.3 Å². The molecule has 0 bridgehead atoms. The molecule has 1 aromatic heterocycles. The average Bonchev–Trinajstić information content (AvgIpc) is 2.78. The molecule has 8 heteroatoms. The third kappa shape index (κ3) is 5.14. The van der Waals surface area contributed by atoms with Crippen molar-refractivity contribution in [3.63, 3.8) is 0 Å². The molecule has 5 nitrogen and oxygen atoms in total. The largest absolute Gasteiger partial charge is 0.506 e. The number of aromatic nitrogens is 2. The van der Waals surface area contributed by atoms with Gasteiger partial charge in [-0.1, -0.05) is 77.3 Å². The summed E-state index contributed by atoms with van der Waals surface area (Å²) in [7, 11) is 0. The minimum Gasteiger partial charge on any atom is -0.506 e. The van der Waals surface area contributed by atoms with Crippen molar-refractivity contribution in [1.82, 2.24) is 9.97 Å². The van der Waals surface area contributed by atoms with Gasteiger partial charge in [-0.2, -0.15) is 5.10 Å². The van der Waals surface area contributed by atoms with E-state index in [4.69, 9.17) is 34.8 Å². The summed E-state index contributed by atoms with van der Waals surface area (Å²) < 4.78 is 0. The lowest BCUT2D eigenvalue weighted by atomic mass is 10.1. The zero-order chi connectivity index (χ0) is 21.8. The molecule has 1 heterocycles. The van der Waals surface area contributed by atoms with Gasteiger partial charge in [0.25, 0.3) is 0 Å². The molecule has 154 valence electrons. The Labute approximate surface area is 194 Å². The fraction of sp³-hybridized carbons (Fsp3) is 0. The molecule has 4 aromatic rings. The summed E-state index contributed by atoms with van der Waals surface area (Å²) >= 11 is 18.0. The van der Waals surface area contributed by atoms with Crippen molar-refractivity contribution in [2.24, 2.45) is 5.10 Å². The van der Waals surface area contributed by atoms with Crippen molar-refractivity contribution in [2.75, 3.05) is 5.43 Å². The van der Waals surface area contributed by atoms with Crippen LogP contribution in [-0.4, -0.2) is 21.3 Å². The van der Waals surface area contributed by atoms with Crippen LogP contribution >= 0.6 is 34.8 Å². The number of hydrogen-bond acceptors (Lipinski definition) is 5. The molecule has 0 aliphatic heterocycles. The van der Waals surface area contributed by atoms with Gasteiger partial charge < -0.3 is 5.11 Å². The van der Waals surface area contributed by atoms with Gasteiger partial charge in [0.1, 0.15) is 5.75 Å². The average molecular weight is 470 g/mol. The number of nitrogens with zero attached hydrogens (tertiary/aromatic N) is 3. The van der Waals surface area contributed by atoms with E-state index in [-0.39, 0.29) is 16.7 Å². The van der Waals surface area contributed by atoms with Gasteiger partial charge in [0.2, 0.25) is 5.95 Å². The van der Waals surface area contributed by atoms with Gasteiger partial charge in [0.05, 0.1) is 22.6 Å². The molecule has 0 aliphatic rings. The summed E-state index contributed by atoms with van der Waals surface area (Å²) in [5.74, 6) is 0.174. The molecule has 0 radical (unpaired) electrons. The lowest BCUT2D eigenvalue weighted by Gasteiger charge is -2.08. The van der Waals surface area contributed by atoms with Gasteiger partial charge in [-0.15, -0.1) is 0 Å². The molecule has 0 saturated heterocycles. The molecule has 0 saturated carbocycles. The van der Waals surface area contributed by atoms with Crippen LogP contribution in [0, 0.1) is 0 Å². The van der Waals surface area contributed by atoms with Gasteiger partial charge in [-0.25, -0.2) is 15.4 Å². The SMILES string of the molecule is Oc1c(Cl)cc(Cl)cc1C=NNc1nc(-c2ccccc2)cc(-c2ccc(Cl)cc2)n1. The maximum Gasteiger partial charge on any atom is 0.244 e. The van der Waals surface area contributed by atoms with Crippen LogP contribution in [0.15, 0.2) is 77.9 Å². The molecule has 0 aliphatic carbocycles. The summed E-state index contributed by atoms with van der Waals surface area (Å²) in [6, 6.07) is 22.0. The van der Waals surface area contributed by atoms with E-state index in [1.165, 1.54) is 12.3 Å². The van der Waals surface area contributed by atoms with Gasteiger partial charge in [-0.3, -0.25) is 0 Å². The van der Waals surface area contributed by atoms with E-state index in [1.54, 1.807) is 18.2 Å². The number of hydrogen-bond donors (Lipinski definition) is 2. The number of aromatic hydroxyl groups is 1. The molecule has 0 spiro atoms. The summed E-state index contributed by atoms with van der Waals surface area (Å²) in [6.07, 6.45) is 1.40. The third-order valence-corrected chi connectivity index (χ3v) is 5.12. The fourth-order valence-corrected chi connectivity index (χ4v) is 3.50. The molecule has 0 unspecified atom stereocenters. The van der Waals surface area contributed by atoms with Crippen molar-refractivity contribution in [1.29, 1.82) is 0 Å². The highest BCUT2D eigenvalue weighted by molar-refractivity contribution is 6.36. The first-order valence-electron chi connectivity index (χ1n) is 9.17. The summed E-state index contributed by atoms with van der Waals surface area (Å²) in [6.45, 7) is 0. The number of phenols is 1. The number of halogens is 3. The Balaban J connectivity index is 1.70. The van der Waals surface area contributed by atoms with Crippen molar-refractivity contribution >= 4 is 47.0 Å². The zero-order valence-corrected chi connectivity index (χ0v) is 18.2. The van der Waals surface area contributed by atoms with Crippen molar-refractivity contribution < 1.29 is 5.11 Å². The number of hydrazone groups is 1. The van der Waals surface area contributed by atoms with E-state index in [1.807, 2.05) is 48.5 Å². The number of rotatable bonds is 5. The maximum atomic E-state index is 10.1. The maximum absolute atomic E-state index is 10.1. The molecule has 0 amide bonds. The molecular weight excluding hydrogens is 455 g/mol. The summed E-state index contributed by atoms with van der Waals surface area (Å²) in [5, 5.41) is 15.4. The Morgan fingerprint density at radius 2 is 1.42 bits per heavy atom. The van der Waals surface area contributed by atoms with E-state index in [2.05, 4.69) is 20.5 Å². The van der Waals surface area contributed by atoms with E-state index >= 15 is 0 Å². The standard InChI is InChI=1S/C23H15Cl3N4O/c24-17-8-6-15(7-9-17)21-12-20(14-4-2-1-3-5-14)28-23(29-21)30-27-13-16-10-18(25)11-19(26)22(16)31/h1-13,31H,(H,28,29,30). The Hall–Kier alpha value is -3.12. The quantitative estimate of drug-likeness (QED) is 0.246. The topological polar surface area (TPSA) is 70.4 Å². The first kappa shape index (κ1) is 21.1. The van der Waals surface area contributed by atoms with Gasteiger partial charge >= 0.3 is 0 Å². The predicted octanol–water partition coefficient (Wildman–Crippen LogP) is 6.92. The second kappa shape index (κ2) is 9.35. The Kier molecular flexibility index (Phi) is 6.37. The van der Waals surface area contributed by atoms with Crippen LogP contribution in [0.4, 0.5) is 5.95 Å². The Morgan fingerprint density at radius 3 is 2.10 bits per heavy atom. The molecule has 31 heavy (non-hydrogen) atoms. The number of nitrogens with one attached hydrogen (secondary N) is 1. The van der Waals surface area contributed by atoms with E-state index in [0.29, 0.717) is 21.3 Å². The number of benzene rings is 3. The second-order valence-corrected chi connectivity index (χ2v) is 7.81. The number of anilines is 1. The fourth-order valence-electron chi connectivity index (χ4n) is 2.87. The first-order valence-corrected chi connectivity index (χ1v) is 10.3. The van der Waals surface area contributed by atoms with Gasteiger partial charge in [0.15, 0.2) is 0 Å². The Morgan fingerprint density at radius 1 is 0.774 bits per heavy atom. The monoisotopic (exact) mass is 468 g/mol. The second-order valence-electron chi connectivity index (χ2n) is 6.53. The van der Waals surface area contributed by atoms with E-state index in [9.17, 15) is 5.11 Å². The number of phenolic OH excluding ortho intramolecular Hbond substituents is 1. The minimum absolute atomic E-state index is 0.113. The molecule has 3 aromatic carbocycles. The van der Waals surface area contributed by atoms with Crippen LogP contribution in [0.1, 0.15) is 5.56 Å². The van der Waals surface area contributed by atoms with Crippen LogP contribution < -0.4 is 5.43 Å². The molecule has 2 N–H and O–H groups in total. The molecule has 4 rings (SSSR count). The normalized spacial score (nSPS) is 11.1. The van der Waals surface area contributed by atoms with Crippen LogP contribution in [0.3, 0.4) is 0 Å². The van der Waals surface area contributed by atoms with E-state index in [0.717, 1.165) is 16.8 Å².